The molecule has 3 atom stereocenters. The fraction of sp³-hybridized carbons (Fsp3) is 0.357. The number of hydrogen-bond acceptors (Lipinski definition) is 7. The molecule has 1 aliphatic rings. The predicted molar refractivity (Wildman–Crippen MR) is 84.0 cm³/mol. The van der Waals surface area contributed by atoms with Crippen molar-refractivity contribution in [2.45, 2.75) is 24.9 Å². The summed E-state index contributed by atoms with van der Waals surface area (Å²) in [4.78, 5) is 26.1. The number of H-pyrrole nitrogens is 2. The second-order valence-corrected chi connectivity index (χ2v) is 5.63. The van der Waals surface area contributed by atoms with E-state index in [1.807, 2.05) is 0 Å². The monoisotopic (exact) mass is 332 g/mol. The van der Waals surface area contributed by atoms with Crippen LogP contribution in [0.3, 0.4) is 0 Å². The molecule has 3 aromatic heterocycles. The van der Waals surface area contributed by atoms with Crippen LogP contribution in [-0.4, -0.2) is 53.5 Å². The molecule has 0 bridgehead atoms. The number of aliphatic hydroxyl groups is 2. The summed E-state index contributed by atoms with van der Waals surface area (Å²) >= 11 is 0. The summed E-state index contributed by atoms with van der Waals surface area (Å²) < 4.78 is 7.33. The number of nitrogens with zero attached hydrogens (tertiary/aromatic N) is 3. The zero-order valence-corrected chi connectivity index (χ0v) is 12.5. The van der Waals surface area contributed by atoms with E-state index in [9.17, 15) is 15.0 Å². The molecular formula is C14H16N6O4. The third kappa shape index (κ3) is 2.19. The van der Waals surface area contributed by atoms with E-state index in [1.54, 1.807) is 22.9 Å². The quantitative estimate of drug-likeness (QED) is 0.426. The van der Waals surface area contributed by atoms with Gasteiger partial charge in [0.2, 0.25) is 5.95 Å². The molecule has 126 valence electrons. The largest absolute Gasteiger partial charge is 0.394 e. The molecule has 6 N–H and O–H groups in total. The maximum atomic E-state index is 12.1. The van der Waals surface area contributed by atoms with Crippen LogP contribution in [-0.2, 0) is 4.74 Å². The Morgan fingerprint density at radius 1 is 1.46 bits per heavy atom. The number of nitrogens with one attached hydrogen (secondary N) is 2. The van der Waals surface area contributed by atoms with Crippen LogP contribution in [0.2, 0.25) is 0 Å². The zero-order chi connectivity index (χ0) is 16.8. The highest BCUT2D eigenvalue weighted by Crippen LogP contribution is 2.34. The number of nitrogens with two attached hydrogens (primary N) is 1. The molecule has 1 aliphatic heterocycles. The topological polar surface area (TPSA) is 155 Å². The molecule has 0 aromatic carbocycles. The summed E-state index contributed by atoms with van der Waals surface area (Å²) in [7, 11) is 0. The van der Waals surface area contributed by atoms with Crippen LogP contribution in [0, 0.1) is 0 Å². The Bertz CT molecular complexity index is 931. The minimum absolute atomic E-state index is 0.0380. The first-order chi connectivity index (χ1) is 11.6. The molecule has 0 amide bonds. The molecule has 0 saturated carbocycles. The summed E-state index contributed by atoms with van der Waals surface area (Å²) in [5.41, 5.74) is 6.25. The summed E-state index contributed by atoms with van der Waals surface area (Å²) in [6.45, 7) is -0.307. The van der Waals surface area contributed by atoms with Gasteiger partial charge in [-0.15, -0.1) is 0 Å². The molecule has 10 nitrogen and oxygen atoms in total. The van der Waals surface area contributed by atoms with E-state index >= 15 is 0 Å². The Balaban J connectivity index is 1.95. The Labute approximate surface area is 134 Å². The van der Waals surface area contributed by atoms with Crippen LogP contribution in [0.15, 0.2) is 23.1 Å². The summed E-state index contributed by atoms with van der Waals surface area (Å²) in [6.07, 6.45) is -0.198. The van der Waals surface area contributed by atoms with E-state index in [-0.39, 0.29) is 30.1 Å². The van der Waals surface area contributed by atoms with E-state index in [0.29, 0.717) is 11.5 Å². The van der Waals surface area contributed by atoms with Crippen LogP contribution in [0.1, 0.15) is 12.6 Å². The van der Waals surface area contributed by atoms with E-state index in [2.05, 4.69) is 19.9 Å². The number of nitrogen functional groups attached to an aromatic ring is 1. The number of hydrogen-bond donors (Lipinski definition) is 5. The van der Waals surface area contributed by atoms with E-state index < -0.39 is 24.0 Å². The molecule has 0 spiro atoms. The standard InChI is InChI=1S/C14H16N6O4/c15-14-18-12-10(13(23)19-14)17-11(6-2-1-3-16-6)20(12)9-4-7(22)8(5-21)24-9/h1-3,7-9,16,21-22H,4-5H2,(H3,15,18,19,23)/t7-,8+,9+/m0/s1. The first-order valence-electron chi connectivity index (χ1n) is 7.44. The average Bonchev–Trinajstić information content (AvgIpc) is 3.24. The lowest BCUT2D eigenvalue weighted by atomic mass is 10.2. The molecule has 0 radical (unpaired) electrons. The minimum atomic E-state index is -0.826. The van der Waals surface area contributed by atoms with E-state index in [0.717, 1.165) is 0 Å². The third-order valence-electron chi connectivity index (χ3n) is 4.08. The van der Waals surface area contributed by atoms with Crippen molar-refractivity contribution in [3.8, 4) is 11.5 Å². The molecule has 4 rings (SSSR count). The van der Waals surface area contributed by atoms with E-state index in [4.69, 9.17) is 10.5 Å². The Kier molecular flexibility index (Phi) is 3.37. The van der Waals surface area contributed by atoms with Crippen molar-refractivity contribution in [1.82, 2.24) is 24.5 Å². The van der Waals surface area contributed by atoms with Crippen LogP contribution >= 0.6 is 0 Å². The molecule has 3 aromatic rings. The number of aromatic amines is 2. The van der Waals surface area contributed by atoms with Crippen LogP contribution in [0.5, 0.6) is 0 Å². The van der Waals surface area contributed by atoms with Crippen LogP contribution in [0.25, 0.3) is 22.7 Å². The van der Waals surface area contributed by atoms with Gasteiger partial charge in [-0.3, -0.25) is 14.3 Å². The molecule has 1 saturated heterocycles. The van der Waals surface area contributed by atoms with Gasteiger partial charge < -0.3 is 25.7 Å². The van der Waals surface area contributed by atoms with Crippen molar-refractivity contribution in [3.05, 3.63) is 28.7 Å². The molecular weight excluding hydrogens is 316 g/mol. The Morgan fingerprint density at radius 2 is 2.29 bits per heavy atom. The summed E-state index contributed by atoms with van der Waals surface area (Å²) in [6, 6.07) is 3.59. The van der Waals surface area contributed by atoms with Crippen molar-refractivity contribution in [2.75, 3.05) is 12.3 Å². The van der Waals surface area contributed by atoms with Gasteiger partial charge >= 0.3 is 0 Å². The number of anilines is 1. The SMILES string of the molecule is Nc1nc2c(nc(-c3ccc[nH]3)n2[C@H]2C[C@H](O)[C@@H](CO)O2)c(=O)[nH]1. The Hall–Kier alpha value is -2.69. The normalized spacial score (nSPS) is 24.0. The van der Waals surface area contributed by atoms with Gasteiger partial charge in [0.25, 0.3) is 5.56 Å². The highest BCUT2D eigenvalue weighted by atomic mass is 16.5. The lowest BCUT2D eigenvalue weighted by Gasteiger charge is -2.16. The van der Waals surface area contributed by atoms with Crippen molar-refractivity contribution in [3.63, 3.8) is 0 Å². The molecule has 0 unspecified atom stereocenters. The molecule has 0 aliphatic carbocycles. The maximum Gasteiger partial charge on any atom is 0.280 e. The fourth-order valence-electron chi connectivity index (χ4n) is 2.97. The summed E-state index contributed by atoms with van der Waals surface area (Å²) in [5, 5.41) is 19.3. The van der Waals surface area contributed by atoms with E-state index in [1.165, 1.54) is 0 Å². The van der Waals surface area contributed by atoms with Crippen molar-refractivity contribution in [2.24, 2.45) is 0 Å². The van der Waals surface area contributed by atoms with Crippen LogP contribution < -0.4 is 11.3 Å². The molecule has 4 heterocycles. The number of ether oxygens (including phenoxy) is 1. The lowest BCUT2D eigenvalue weighted by molar-refractivity contribution is -0.0426. The van der Waals surface area contributed by atoms with Crippen molar-refractivity contribution in [1.29, 1.82) is 0 Å². The molecule has 1 fully saturated rings. The van der Waals surface area contributed by atoms with Gasteiger partial charge in [-0.2, -0.15) is 4.98 Å². The maximum absolute atomic E-state index is 12.1. The van der Waals surface area contributed by atoms with Crippen LogP contribution in [0.4, 0.5) is 5.95 Å². The highest BCUT2D eigenvalue weighted by molar-refractivity contribution is 5.76. The fourth-order valence-corrected chi connectivity index (χ4v) is 2.97. The van der Waals surface area contributed by atoms with Gasteiger partial charge in [-0.05, 0) is 12.1 Å². The van der Waals surface area contributed by atoms with Gasteiger partial charge in [0.15, 0.2) is 17.0 Å². The number of imidazole rings is 1. The number of fused-ring (bicyclic) bond motifs is 1. The first kappa shape index (κ1) is 14.9. The zero-order valence-electron chi connectivity index (χ0n) is 12.5. The Morgan fingerprint density at radius 3 is 2.96 bits per heavy atom. The van der Waals surface area contributed by atoms with Gasteiger partial charge in [0.1, 0.15) is 12.3 Å². The van der Waals surface area contributed by atoms with Gasteiger partial charge in [0.05, 0.1) is 18.4 Å². The first-order valence-corrected chi connectivity index (χ1v) is 7.44. The smallest absolute Gasteiger partial charge is 0.280 e. The number of aromatic nitrogens is 5. The third-order valence-corrected chi connectivity index (χ3v) is 4.08. The molecule has 10 heteroatoms. The minimum Gasteiger partial charge on any atom is -0.394 e. The second-order valence-electron chi connectivity index (χ2n) is 5.63. The van der Waals surface area contributed by atoms with Gasteiger partial charge in [-0.1, -0.05) is 0 Å². The number of aliphatic hydroxyl groups excluding tert-OH is 2. The van der Waals surface area contributed by atoms with Gasteiger partial charge in [-0.25, -0.2) is 4.98 Å². The van der Waals surface area contributed by atoms with Crippen molar-refractivity contribution >= 4 is 17.1 Å². The molecule has 24 heavy (non-hydrogen) atoms. The summed E-state index contributed by atoms with van der Waals surface area (Å²) in [5.74, 6) is 0.401. The predicted octanol–water partition coefficient (Wildman–Crippen LogP) is -0.662. The number of rotatable bonds is 3. The lowest BCUT2D eigenvalue weighted by Crippen LogP contribution is -2.24. The average molecular weight is 332 g/mol. The highest BCUT2D eigenvalue weighted by Gasteiger charge is 2.37. The van der Waals surface area contributed by atoms with Gasteiger partial charge in [0, 0.05) is 12.6 Å². The van der Waals surface area contributed by atoms with Crippen molar-refractivity contribution < 1.29 is 14.9 Å². The second kappa shape index (κ2) is 5.44.